The summed E-state index contributed by atoms with van der Waals surface area (Å²) in [5.74, 6) is -1.22. The minimum absolute atomic E-state index is 0.351. The van der Waals surface area contributed by atoms with E-state index in [-0.39, 0.29) is 0 Å². The third-order valence-electron chi connectivity index (χ3n) is 4.40. The Labute approximate surface area is 184 Å². The molecule has 2 amide bonds. The van der Waals surface area contributed by atoms with E-state index < -0.39 is 17.8 Å². The number of anilines is 1. The van der Waals surface area contributed by atoms with Crippen LogP contribution in [0.25, 0.3) is 0 Å². The zero-order valence-corrected chi connectivity index (χ0v) is 17.5. The lowest BCUT2D eigenvalue weighted by atomic mass is 10.2. The van der Waals surface area contributed by atoms with E-state index in [1.165, 1.54) is 6.21 Å². The highest BCUT2D eigenvalue weighted by atomic mass is 16.5. The second kappa shape index (κ2) is 10.5. The largest absolute Gasteiger partial charge is 0.497 e. The number of amides is 2. The fraction of sp³-hybridized carbons (Fsp3) is 0.0833. The fourth-order valence-electron chi connectivity index (χ4n) is 2.62. The van der Waals surface area contributed by atoms with Gasteiger partial charge in [-0.25, -0.2) is 10.2 Å². The molecule has 0 unspecified atom stereocenters. The van der Waals surface area contributed by atoms with Crippen LogP contribution in [0.3, 0.4) is 0 Å². The highest BCUT2D eigenvalue weighted by Crippen LogP contribution is 2.16. The van der Waals surface area contributed by atoms with Gasteiger partial charge in [0.15, 0.2) is 0 Å². The van der Waals surface area contributed by atoms with E-state index in [0.717, 1.165) is 5.56 Å². The number of methoxy groups -OCH3 is 1. The van der Waals surface area contributed by atoms with Crippen molar-refractivity contribution in [2.45, 2.75) is 6.92 Å². The Bertz CT molecular complexity index is 1140. The molecule has 0 spiro atoms. The summed E-state index contributed by atoms with van der Waals surface area (Å²) >= 11 is 0. The minimum Gasteiger partial charge on any atom is -0.497 e. The van der Waals surface area contributed by atoms with E-state index in [0.29, 0.717) is 28.3 Å². The van der Waals surface area contributed by atoms with E-state index in [9.17, 15) is 14.4 Å². The van der Waals surface area contributed by atoms with Gasteiger partial charge in [-0.3, -0.25) is 9.59 Å². The number of esters is 1. The zero-order valence-electron chi connectivity index (χ0n) is 17.5. The van der Waals surface area contributed by atoms with Gasteiger partial charge >= 0.3 is 17.8 Å². The maximum Gasteiger partial charge on any atom is 0.343 e. The van der Waals surface area contributed by atoms with E-state index in [4.69, 9.17) is 9.47 Å². The summed E-state index contributed by atoms with van der Waals surface area (Å²) in [7, 11) is 1.55. The van der Waals surface area contributed by atoms with Crippen LogP contribution in [0, 0.1) is 6.92 Å². The number of aryl methyl sites for hydroxylation is 1. The van der Waals surface area contributed by atoms with Gasteiger partial charge in [0.2, 0.25) is 0 Å². The number of carbonyl (C=O) groups is 3. The molecule has 0 aliphatic rings. The van der Waals surface area contributed by atoms with E-state index in [1.54, 1.807) is 67.8 Å². The van der Waals surface area contributed by atoms with Crippen molar-refractivity contribution in [2.75, 3.05) is 12.4 Å². The van der Waals surface area contributed by atoms with Gasteiger partial charge in [-0.1, -0.05) is 18.2 Å². The zero-order chi connectivity index (χ0) is 22.9. The molecule has 0 saturated heterocycles. The Morgan fingerprint density at radius 1 is 0.844 bits per heavy atom. The summed E-state index contributed by atoms with van der Waals surface area (Å²) < 4.78 is 10.4. The third-order valence-corrected chi connectivity index (χ3v) is 4.40. The van der Waals surface area contributed by atoms with Crippen molar-refractivity contribution in [1.29, 1.82) is 0 Å². The number of nitrogens with zero attached hydrogens (tertiary/aromatic N) is 1. The molecule has 0 saturated carbocycles. The average molecular weight is 431 g/mol. The maximum absolute atomic E-state index is 12.2. The number of benzene rings is 3. The summed E-state index contributed by atoms with van der Waals surface area (Å²) in [5, 5.41) is 6.30. The Morgan fingerprint density at radius 2 is 1.50 bits per heavy atom. The average Bonchev–Trinajstić information content (AvgIpc) is 2.81. The Morgan fingerprint density at radius 3 is 2.16 bits per heavy atom. The van der Waals surface area contributed by atoms with Crippen LogP contribution in [0.2, 0.25) is 0 Å². The van der Waals surface area contributed by atoms with Crippen molar-refractivity contribution in [1.82, 2.24) is 5.43 Å². The second-order valence-corrected chi connectivity index (χ2v) is 6.66. The van der Waals surface area contributed by atoms with Gasteiger partial charge in [-0.05, 0) is 72.6 Å². The second-order valence-electron chi connectivity index (χ2n) is 6.66. The van der Waals surface area contributed by atoms with Crippen LogP contribution in [0.1, 0.15) is 21.5 Å². The fourth-order valence-corrected chi connectivity index (χ4v) is 2.62. The van der Waals surface area contributed by atoms with Crippen LogP contribution >= 0.6 is 0 Å². The van der Waals surface area contributed by atoms with E-state index in [1.807, 2.05) is 19.1 Å². The van der Waals surface area contributed by atoms with Crippen LogP contribution in [-0.2, 0) is 9.59 Å². The SMILES string of the molecule is COc1ccc(C(=O)Oc2ccc(C=NNC(=O)C(=O)Nc3ccccc3C)cc2)cc1. The van der Waals surface area contributed by atoms with Crippen molar-refractivity contribution in [3.63, 3.8) is 0 Å². The molecular formula is C24H21N3O5. The van der Waals surface area contributed by atoms with Crippen molar-refractivity contribution >= 4 is 29.7 Å². The van der Waals surface area contributed by atoms with Gasteiger partial charge in [0.05, 0.1) is 18.9 Å². The maximum atomic E-state index is 12.2. The molecule has 0 aromatic heterocycles. The number of ether oxygens (including phenoxy) is 2. The smallest absolute Gasteiger partial charge is 0.343 e. The quantitative estimate of drug-likeness (QED) is 0.205. The highest BCUT2D eigenvalue weighted by molar-refractivity contribution is 6.39. The summed E-state index contributed by atoms with van der Waals surface area (Å²) in [4.78, 5) is 36.0. The number of hydrogen-bond donors (Lipinski definition) is 2. The molecule has 0 aliphatic carbocycles. The van der Waals surface area contributed by atoms with Crippen LogP contribution < -0.4 is 20.2 Å². The van der Waals surface area contributed by atoms with Crippen LogP contribution in [0.4, 0.5) is 5.69 Å². The lowest BCUT2D eigenvalue weighted by Crippen LogP contribution is -2.32. The highest BCUT2D eigenvalue weighted by Gasteiger charge is 2.13. The normalized spacial score (nSPS) is 10.4. The molecule has 8 heteroatoms. The number of para-hydroxylation sites is 1. The molecule has 3 aromatic carbocycles. The van der Waals surface area contributed by atoms with Gasteiger partial charge in [0.1, 0.15) is 11.5 Å². The molecule has 0 fully saturated rings. The molecule has 2 N–H and O–H groups in total. The molecule has 0 heterocycles. The molecule has 0 aliphatic heterocycles. The van der Waals surface area contributed by atoms with Crippen LogP contribution in [0.15, 0.2) is 77.9 Å². The predicted octanol–water partition coefficient (Wildman–Crippen LogP) is 3.31. The number of carbonyl (C=O) groups excluding carboxylic acids is 3. The van der Waals surface area contributed by atoms with E-state index >= 15 is 0 Å². The number of rotatable bonds is 6. The molecule has 3 aromatic rings. The standard InChI is InChI=1S/C24H21N3O5/c1-16-5-3-4-6-21(16)26-22(28)23(29)27-25-15-17-7-11-20(12-8-17)32-24(30)18-9-13-19(31-2)14-10-18/h3-15H,1-2H3,(H,26,28)(H,27,29). The Kier molecular flexibility index (Phi) is 7.32. The molecule has 0 bridgehead atoms. The first kappa shape index (κ1) is 22.2. The first-order chi connectivity index (χ1) is 15.5. The molecular weight excluding hydrogens is 410 g/mol. The van der Waals surface area contributed by atoms with Crippen LogP contribution in [0.5, 0.6) is 11.5 Å². The van der Waals surface area contributed by atoms with Gasteiger partial charge in [-0.15, -0.1) is 0 Å². The first-order valence-electron chi connectivity index (χ1n) is 9.62. The van der Waals surface area contributed by atoms with Crippen molar-refractivity contribution in [3.8, 4) is 11.5 Å². The van der Waals surface area contributed by atoms with Crippen molar-refractivity contribution in [2.24, 2.45) is 5.10 Å². The van der Waals surface area contributed by atoms with Crippen molar-refractivity contribution in [3.05, 3.63) is 89.5 Å². The molecule has 3 rings (SSSR count). The molecule has 0 radical (unpaired) electrons. The lowest BCUT2D eigenvalue weighted by Gasteiger charge is -2.06. The van der Waals surface area contributed by atoms with Gasteiger partial charge in [-0.2, -0.15) is 5.10 Å². The summed E-state index contributed by atoms with van der Waals surface area (Å²) in [6, 6.07) is 20.2. The molecule has 0 atom stereocenters. The summed E-state index contributed by atoms with van der Waals surface area (Å²) in [6.45, 7) is 1.82. The Hall–Kier alpha value is -4.46. The molecule has 8 nitrogen and oxygen atoms in total. The molecule has 162 valence electrons. The number of hydrazone groups is 1. The van der Waals surface area contributed by atoms with Crippen molar-refractivity contribution < 1.29 is 23.9 Å². The number of nitrogens with one attached hydrogen (secondary N) is 2. The third kappa shape index (κ3) is 6.02. The van der Waals surface area contributed by atoms with Crippen LogP contribution in [-0.4, -0.2) is 31.1 Å². The van der Waals surface area contributed by atoms with Gasteiger partial charge < -0.3 is 14.8 Å². The van der Waals surface area contributed by atoms with E-state index in [2.05, 4.69) is 15.8 Å². The summed E-state index contributed by atoms with van der Waals surface area (Å²) in [6.07, 6.45) is 1.37. The number of hydrogen-bond acceptors (Lipinski definition) is 6. The first-order valence-corrected chi connectivity index (χ1v) is 9.62. The minimum atomic E-state index is -0.894. The van der Waals surface area contributed by atoms with Gasteiger partial charge in [0.25, 0.3) is 0 Å². The Balaban J connectivity index is 1.51. The topological polar surface area (TPSA) is 106 Å². The monoisotopic (exact) mass is 431 g/mol. The lowest BCUT2D eigenvalue weighted by molar-refractivity contribution is -0.136. The van der Waals surface area contributed by atoms with Gasteiger partial charge in [0, 0.05) is 5.69 Å². The molecule has 32 heavy (non-hydrogen) atoms. The summed E-state index contributed by atoms with van der Waals surface area (Å²) in [5.41, 5.74) is 4.59. The predicted molar refractivity (Wildman–Crippen MR) is 120 cm³/mol.